The largest absolute Gasteiger partial charge is 0.420 e. The van der Waals surface area contributed by atoms with Gasteiger partial charge in [-0.05, 0) is 30.3 Å². The molecule has 8 heteroatoms. The Morgan fingerprint density at radius 2 is 1.62 bits per heavy atom. The minimum absolute atomic E-state index is 0.0426. The summed E-state index contributed by atoms with van der Waals surface area (Å²) in [6, 6.07) is 6.91. The maximum Gasteiger partial charge on any atom is 0.420 e. The molecular formula is C13H7ClF4O2S. The molecule has 0 saturated heterocycles. The van der Waals surface area contributed by atoms with Crippen molar-refractivity contribution < 1.29 is 26.0 Å². The minimum atomic E-state index is -5.13. The molecule has 0 radical (unpaired) electrons. The van der Waals surface area contributed by atoms with Crippen molar-refractivity contribution in [1.29, 1.82) is 0 Å². The van der Waals surface area contributed by atoms with E-state index in [0.29, 0.717) is 12.1 Å². The van der Waals surface area contributed by atoms with Crippen LogP contribution in [0.5, 0.6) is 0 Å². The molecule has 0 aromatic heterocycles. The molecule has 0 atom stereocenters. The van der Waals surface area contributed by atoms with Gasteiger partial charge in [-0.3, -0.25) is 0 Å². The molecule has 0 spiro atoms. The molecule has 0 fully saturated rings. The van der Waals surface area contributed by atoms with Crippen LogP contribution in [-0.2, 0) is 16.0 Å². The third-order valence-corrected chi connectivity index (χ3v) is 4.68. The van der Waals surface area contributed by atoms with E-state index in [1.54, 1.807) is 0 Å². The number of alkyl halides is 3. The Labute approximate surface area is 122 Å². The number of sulfone groups is 1. The third kappa shape index (κ3) is 3.03. The van der Waals surface area contributed by atoms with E-state index in [1.165, 1.54) is 12.1 Å². The van der Waals surface area contributed by atoms with E-state index in [2.05, 4.69) is 0 Å². The molecule has 2 aromatic rings. The van der Waals surface area contributed by atoms with Gasteiger partial charge in [-0.1, -0.05) is 23.7 Å². The number of hydrogen-bond acceptors (Lipinski definition) is 2. The van der Waals surface area contributed by atoms with Gasteiger partial charge in [0, 0.05) is 5.02 Å². The highest BCUT2D eigenvalue weighted by Gasteiger charge is 2.40. The predicted molar refractivity (Wildman–Crippen MR) is 68.3 cm³/mol. The molecule has 2 nitrogen and oxygen atoms in total. The first-order chi connectivity index (χ1) is 9.64. The minimum Gasteiger partial charge on any atom is -0.218 e. The first kappa shape index (κ1) is 15.8. The van der Waals surface area contributed by atoms with Gasteiger partial charge in [0.1, 0.15) is 11.4 Å². The van der Waals surface area contributed by atoms with E-state index in [0.717, 1.165) is 18.2 Å². The SMILES string of the molecule is O=S(=O)(c1cccc(Cl)c1)c1cccc(F)c1C(F)(F)F. The highest BCUT2D eigenvalue weighted by atomic mass is 35.5. The summed E-state index contributed by atoms with van der Waals surface area (Å²) in [5, 5.41) is 0.0426. The van der Waals surface area contributed by atoms with Crippen molar-refractivity contribution in [2.75, 3.05) is 0 Å². The molecule has 0 saturated carbocycles. The van der Waals surface area contributed by atoms with Crippen LogP contribution in [0.15, 0.2) is 52.3 Å². The average molecular weight is 339 g/mol. The van der Waals surface area contributed by atoms with Crippen molar-refractivity contribution in [3.05, 3.63) is 58.9 Å². The van der Waals surface area contributed by atoms with Crippen LogP contribution in [0.1, 0.15) is 5.56 Å². The number of halogens is 5. The average Bonchev–Trinajstić information content (AvgIpc) is 2.37. The molecule has 0 amide bonds. The summed E-state index contributed by atoms with van der Waals surface area (Å²) in [6.07, 6.45) is -5.13. The van der Waals surface area contributed by atoms with Crippen molar-refractivity contribution in [3.63, 3.8) is 0 Å². The summed E-state index contributed by atoms with van der Waals surface area (Å²) in [5.74, 6) is -1.65. The first-order valence-corrected chi connectivity index (χ1v) is 7.36. The second-order valence-electron chi connectivity index (χ2n) is 4.07. The van der Waals surface area contributed by atoms with E-state index in [9.17, 15) is 26.0 Å². The van der Waals surface area contributed by atoms with Crippen LogP contribution in [0.25, 0.3) is 0 Å². The quantitative estimate of drug-likeness (QED) is 0.764. The van der Waals surface area contributed by atoms with Crippen LogP contribution in [-0.4, -0.2) is 8.42 Å². The Balaban J connectivity index is 2.75. The fourth-order valence-electron chi connectivity index (χ4n) is 1.76. The molecule has 0 heterocycles. The summed E-state index contributed by atoms with van der Waals surface area (Å²) in [6.45, 7) is 0. The molecular weight excluding hydrogens is 332 g/mol. The molecule has 2 aromatic carbocycles. The zero-order valence-corrected chi connectivity index (χ0v) is 11.7. The van der Waals surface area contributed by atoms with Crippen molar-refractivity contribution in [2.24, 2.45) is 0 Å². The summed E-state index contributed by atoms with van der Waals surface area (Å²) in [7, 11) is -4.54. The zero-order chi connectivity index (χ0) is 15.8. The highest BCUT2D eigenvalue weighted by molar-refractivity contribution is 7.91. The normalized spacial score (nSPS) is 12.4. The second kappa shape index (κ2) is 5.31. The zero-order valence-electron chi connectivity index (χ0n) is 10.2. The lowest BCUT2D eigenvalue weighted by atomic mass is 10.2. The van der Waals surface area contributed by atoms with E-state index in [4.69, 9.17) is 11.6 Å². The second-order valence-corrected chi connectivity index (χ2v) is 6.43. The molecule has 0 unspecified atom stereocenters. The molecule has 0 aliphatic heterocycles. The third-order valence-electron chi connectivity index (χ3n) is 2.65. The van der Waals surface area contributed by atoms with Crippen molar-refractivity contribution in [2.45, 2.75) is 16.0 Å². The number of hydrogen-bond donors (Lipinski definition) is 0. The molecule has 0 N–H and O–H groups in total. The predicted octanol–water partition coefficient (Wildman–Crippen LogP) is 4.33. The Bertz CT molecular complexity index is 785. The first-order valence-electron chi connectivity index (χ1n) is 5.50. The lowest BCUT2D eigenvalue weighted by molar-refractivity contribution is -0.142. The summed E-state index contributed by atoms with van der Waals surface area (Å²) >= 11 is 5.64. The van der Waals surface area contributed by atoms with Gasteiger partial charge in [0.25, 0.3) is 0 Å². The Kier molecular flexibility index (Phi) is 3.99. The molecule has 0 bridgehead atoms. The van der Waals surface area contributed by atoms with Crippen LogP contribution >= 0.6 is 11.6 Å². The maximum atomic E-state index is 13.5. The van der Waals surface area contributed by atoms with Crippen LogP contribution in [0, 0.1) is 5.82 Å². The van der Waals surface area contributed by atoms with Crippen molar-refractivity contribution >= 4 is 21.4 Å². The topological polar surface area (TPSA) is 34.1 Å². The summed E-state index contributed by atoms with van der Waals surface area (Å²) < 4.78 is 76.7. The molecule has 2 rings (SSSR count). The van der Waals surface area contributed by atoms with E-state index < -0.39 is 37.2 Å². The number of benzene rings is 2. The van der Waals surface area contributed by atoms with E-state index >= 15 is 0 Å². The summed E-state index contributed by atoms with van der Waals surface area (Å²) in [4.78, 5) is -1.58. The fraction of sp³-hybridized carbons (Fsp3) is 0.0769. The van der Waals surface area contributed by atoms with Crippen LogP contribution in [0.4, 0.5) is 17.6 Å². The van der Waals surface area contributed by atoms with Crippen LogP contribution in [0.2, 0.25) is 5.02 Å². The molecule has 112 valence electrons. The highest BCUT2D eigenvalue weighted by Crippen LogP contribution is 2.38. The van der Waals surface area contributed by atoms with Gasteiger partial charge >= 0.3 is 6.18 Å². The van der Waals surface area contributed by atoms with E-state index in [-0.39, 0.29) is 5.02 Å². The van der Waals surface area contributed by atoms with Crippen LogP contribution < -0.4 is 0 Å². The van der Waals surface area contributed by atoms with Gasteiger partial charge in [0.05, 0.1) is 9.79 Å². The molecule has 21 heavy (non-hydrogen) atoms. The molecule has 0 aliphatic carbocycles. The van der Waals surface area contributed by atoms with E-state index in [1.807, 2.05) is 0 Å². The molecule has 0 aliphatic rings. The lowest BCUT2D eigenvalue weighted by Crippen LogP contribution is -2.15. The Morgan fingerprint density at radius 1 is 1.00 bits per heavy atom. The van der Waals surface area contributed by atoms with Gasteiger partial charge < -0.3 is 0 Å². The van der Waals surface area contributed by atoms with Crippen LogP contribution in [0.3, 0.4) is 0 Å². The Morgan fingerprint density at radius 3 is 2.19 bits per heavy atom. The summed E-state index contributed by atoms with van der Waals surface area (Å²) in [5.41, 5.74) is -1.81. The Hall–Kier alpha value is -1.60. The fourth-order valence-corrected chi connectivity index (χ4v) is 3.55. The van der Waals surface area contributed by atoms with Gasteiger partial charge in [0.2, 0.25) is 9.84 Å². The van der Waals surface area contributed by atoms with Gasteiger partial charge in [0.15, 0.2) is 0 Å². The van der Waals surface area contributed by atoms with Gasteiger partial charge in [-0.15, -0.1) is 0 Å². The van der Waals surface area contributed by atoms with Gasteiger partial charge in [-0.2, -0.15) is 13.2 Å². The maximum absolute atomic E-state index is 13.5. The van der Waals surface area contributed by atoms with Gasteiger partial charge in [-0.25, -0.2) is 12.8 Å². The number of rotatable bonds is 2. The monoisotopic (exact) mass is 338 g/mol. The smallest absolute Gasteiger partial charge is 0.218 e. The van der Waals surface area contributed by atoms with Crippen molar-refractivity contribution in [1.82, 2.24) is 0 Å². The standard InChI is InChI=1S/C13H7ClF4O2S/c14-8-3-1-4-9(7-8)21(19,20)11-6-2-5-10(15)12(11)13(16,17)18/h1-7H. The van der Waals surface area contributed by atoms with Crippen molar-refractivity contribution in [3.8, 4) is 0 Å². The lowest BCUT2D eigenvalue weighted by Gasteiger charge is -2.14.